The van der Waals surface area contributed by atoms with Crippen molar-refractivity contribution < 1.29 is 14.3 Å². The van der Waals surface area contributed by atoms with Gasteiger partial charge in [-0.25, -0.2) is 4.79 Å². The van der Waals surface area contributed by atoms with Crippen LogP contribution in [0.15, 0.2) is 28.9 Å². The van der Waals surface area contributed by atoms with E-state index >= 15 is 0 Å². The minimum atomic E-state index is -0.655. The normalized spacial score (nSPS) is 10.3. The molecule has 0 N–H and O–H groups in total. The van der Waals surface area contributed by atoms with Gasteiger partial charge in [0, 0.05) is 18.3 Å². The number of nitrogens with zero attached hydrogens (tertiary/aromatic N) is 2. The maximum absolute atomic E-state index is 11.9. The highest BCUT2D eigenvalue weighted by atomic mass is 79.9. The van der Waals surface area contributed by atoms with Gasteiger partial charge in [-0.1, -0.05) is 11.6 Å². The first kappa shape index (κ1) is 13.8. The van der Waals surface area contributed by atoms with Crippen molar-refractivity contribution >= 4 is 39.8 Å². The Balaban J connectivity index is 2.29. The smallest absolute Gasteiger partial charge is 0.365 e. The predicted octanol–water partition coefficient (Wildman–Crippen LogP) is 2.87. The number of aryl methyl sites for hydroxylation is 1. The Bertz CT molecular complexity index is 654. The van der Waals surface area contributed by atoms with E-state index in [9.17, 15) is 9.59 Å². The summed E-state index contributed by atoms with van der Waals surface area (Å²) in [7, 11) is 1.68. The van der Waals surface area contributed by atoms with E-state index in [1.165, 1.54) is 22.9 Å². The summed E-state index contributed by atoms with van der Waals surface area (Å²) in [5.41, 5.74) is 0.335. The summed E-state index contributed by atoms with van der Waals surface area (Å²) >= 11 is 8.96. The number of benzene rings is 1. The van der Waals surface area contributed by atoms with Crippen LogP contribution in [0.25, 0.3) is 0 Å². The van der Waals surface area contributed by atoms with E-state index in [2.05, 4.69) is 21.0 Å². The molecule has 0 aliphatic rings. The number of aldehydes is 1. The summed E-state index contributed by atoms with van der Waals surface area (Å²) in [6, 6.07) is 4.41. The molecule has 0 aliphatic heterocycles. The molecule has 0 saturated heterocycles. The van der Waals surface area contributed by atoms with Gasteiger partial charge in [0.2, 0.25) is 0 Å². The summed E-state index contributed by atoms with van der Waals surface area (Å²) < 4.78 is 7.13. The van der Waals surface area contributed by atoms with Gasteiger partial charge in [-0.3, -0.25) is 9.48 Å². The fraction of sp³-hybridized carbons (Fsp3) is 0.0833. The van der Waals surface area contributed by atoms with E-state index < -0.39 is 5.97 Å². The summed E-state index contributed by atoms with van der Waals surface area (Å²) in [5.74, 6) is -0.514. The molecule has 7 heteroatoms. The van der Waals surface area contributed by atoms with Gasteiger partial charge in [0.1, 0.15) is 5.75 Å². The molecule has 19 heavy (non-hydrogen) atoms. The van der Waals surface area contributed by atoms with Crippen LogP contribution < -0.4 is 4.74 Å². The summed E-state index contributed by atoms with van der Waals surface area (Å²) in [5, 5.41) is 4.35. The number of esters is 1. The number of hydrogen-bond donors (Lipinski definition) is 0. The number of aromatic nitrogens is 2. The van der Waals surface area contributed by atoms with Gasteiger partial charge in [-0.05, 0) is 34.1 Å². The maximum Gasteiger partial charge on any atom is 0.365 e. The zero-order valence-electron chi connectivity index (χ0n) is 9.76. The molecule has 0 aliphatic carbocycles. The van der Waals surface area contributed by atoms with Crippen molar-refractivity contribution in [2.75, 3.05) is 0 Å². The van der Waals surface area contributed by atoms with Crippen molar-refractivity contribution in [2.24, 2.45) is 7.05 Å². The molecule has 1 aromatic carbocycles. The lowest BCUT2D eigenvalue weighted by Crippen LogP contribution is -2.11. The van der Waals surface area contributed by atoms with Crippen molar-refractivity contribution in [1.82, 2.24) is 9.78 Å². The lowest BCUT2D eigenvalue weighted by atomic mass is 10.2. The van der Waals surface area contributed by atoms with Crippen LogP contribution in [0, 0.1) is 0 Å². The van der Waals surface area contributed by atoms with Gasteiger partial charge < -0.3 is 4.74 Å². The van der Waals surface area contributed by atoms with Crippen LogP contribution in [-0.2, 0) is 7.05 Å². The number of ether oxygens (including phenoxy) is 1. The Labute approximate surface area is 122 Å². The first-order valence-electron chi connectivity index (χ1n) is 5.17. The molecule has 0 unspecified atom stereocenters. The molecule has 0 saturated carbocycles. The molecule has 0 bridgehead atoms. The summed E-state index contributed by atoms with van der Waals surface area (Å²) in [6.07, 6.45) is 2.20. The fourth-order valence-corrected chi connectivity index (χ4v) is 2.17. The Morgan fingerprint density at radius 1 is 1.53 bits per heavy atom. The quantitative estimate of drug-likeness (QED) is 0.488. The Morgan fingerprint density at radius 3 is 2.84 bits per heavy atom. The van der Waals surface area contributed by atoms with Crippen LogP contribution >= 0.6 is 27.5 Å². The highest BCUT2D eigenvalue weighted by Gasteiger charge is 2.18. The zero-order chi connectivity index (χ0) is 14.0. The van der Waals surface area contributed by atoms with Crippen molar-refractivity contribution in [3.05, 3.63) is 45.1 Å². The molecule has 0 atom stereocenters. The van der Waals surface area contributed by atoms with Crippen LogP contribution in [0.2, 0.25) is 5.02 Å². The molecule has 0 fully saturated rings. The third-order valence-electron chi connectivity index (χ3n) is 2.28. The Hall–Kier alpha value is -1.66. The Kier molecular flexibility index (Phi) is 4.01. The summed E-state index contributed by atoms with van der Waals surface area (Å²) in [6.45, 7) is 0. The molecule has 1 heterocycles. The van der Waals surface area contributed by atoms with E-state index in [0.29, 0.717) is 15.8 Å². The molecule has 0 radical (unpaired) electrons. The van der Waals surface area contributed by atoms with E-state index in [4.69, 9.17) is 16.3 Å². The van der Waals surface area contributed by atoms with E-state index in [0.717, 1.165) is 0 Å². The second-order valence-electron chi connectivity index (χ2n) is 3.69. The van der Waals surface area contributed by atoms with E-state index in [1.807, 2.05) is 0 Å². The molecule has 1 aromatic heterocycles. The molecule has 2 rings (SSSR count). The van der Waals surface area contributed by atoms with Gasteiger partial charge in [0.15, 0.2) is 12.0 Å². The SMILES string of the molecule is Cn1cc(Br)c(C(=O)Oc2ccc(Cl)cc2C=O)n1. The van der Waals surface area contributed by atoms with Crippen molar-refractivity contribution in [2.45, 2.75) is 0 Å². The molecule has 5 nitrogen and oxygen atoms in total. The molecule has 2 aromatic rings. The van der Waals surface area contributed by atoms with Crippen molar-refractivity contribution in [3.63, 3.8) is 0 Å². The summed E-state index contributed by atoms with van der Waals surface area (Å²) in [4.78, 5) is 22.8. The predicted molar refractivity (Wildman–Crippen MR) is 72.7 cm³/mol. The maximum atomic E-state index is 11.9. The third kappa shape index (κ3) is 3.02. The standard InChI is InChI=1S/C12H8BrClN2O3/c1-16-5-9(13)11(15-16)12(18)19-10-3-2-8(14)4-7(10)6-17/h2-6H,1H3. The molecular weight excluding hydrogens is 336 g/mol. The number of carbonyl (C=O) groups is 2. The first-order chi connectivity index (χ1) is 9.01. The van der Waals surface area contributed by atoms with Gasteiger partial charge in [-0.2, -0.15) is 5.10 Å². The van der Waals surface area contributed by atoms with Crippen molar-refractivity contribution in [3.8, 4) is 5.75 Å². The lowest BCUT2D eigenvalue weighted by molar-refractivity contribution is 0.0725. The molecular formula is C12H8BrClN2O3. The van der Waals surface area contributed by atoms with Crippen LogP contribution in [0.4, 0.5) is 0 Å². The monoisotopic (exact) mass is 342 g/mol. The minimum Gasteiger partial charge on any atom is -0.421 e. The van der Waals surface area contributed by atoms with Crippen LogP contribution in [0.1, 0.15) is 20.8 Å². The number of halogens is 2. The second kappa shape index (κ2) is 5.54. The van der Waals surface area contributed by atoms with Crippen LogP contribution in [0.5, 0.6) is 5.75 Å². The largest absolute Gasteiger partial charge is 0.421 e. The van der Waals surface area contributed by atoms with Gasteiger partial charge in [0.05, 0.1) is 10.0 Å². The number of hydrogen-bond acceptors (Lipinski definition) is 4. The topological polar surface area (TPSA) is 61.2 Å². The minimum absolute atomic E-state index is 0.134. The van der Waals surface area contributed by atoms with Crippen LogP contribution in [-0.4, -0.2) is 22.0 Å². The van der Waals surface area contributed by atoms with Crippen LogP contribution in [0.3, 0.4) is 0 Å². The number of rotatable bonds is 3. The van der Waals surface area contributed by atoms with E-state index in [-0.39, 0.29) is 17.0 Å². The van der Waals surface area contributed by atoms with Crippen molar-refractivity contribution in [1.29, 1.82) is 0 Å². The molecule has 98 valence electrons. The molecule has 0 spiro atoms. The molecule has 0 amide bonds. The average molecular weight is 344 g/mol. The zero-order valence-corrected chi connectivity index (χ0v) is 12.1. The average Bonchev–Trinajstić information content (AvgIpc) is 2.70. The highest BCUT2D eigenvalue weighted by Crippen LogP contribution is 2.23. The first-order valence-corrected chi connectivity index (χ1v) is 6.34. The van der Waals surface area contributed by atoms with E-state index in [1.54, 1.807) is 13.2 Å². The van der Waals surface area contributed by atoms with Gasteiger partial charge in [0.25, 0.3) is 0 Å². The lowest BCUT2D eigenvalue weighted by Gasteiger charge is -2.05. The third-order valence-corrected chi connectivity index (χ3v) is 3.09. The van der Waals surface area contributed by atoms with Gasteiger partial charge in [-0.15, -0.1) is 0 Å². The Morgan fingerprint density at radius 2 is 2.26 bits per heavy atom. The highest BCUT2D eigenvalue weighted by molar-refractivity contribution is 9.10. The van der Waals surface area contributed by atoms with Gasteiger partial charge >= 0.3 is 5.97 Å². The second-order valence-corrected chi connectivity index (χ2v) is 4.98. The fourth-order valence-electron chi connectivity index (χ4n) is 1.45. The number of carbonyl (C=O) groups excluding carboxylic acids is 2.